The molecule has 0 atom stereocenters. The molecule has 1 heterocycles. The zero-order valence-corrected chi connectivity index (χ0v) is 16.1. The molecule has 138 valence electrons. The van der Waals surface area contributed by atoms with E-state index in [-0.39, 0.29) is 11.5 Å². The highest BCUT2D eigenvalue weighted by molar-refractivity contribution is 6.10. The van der Waals surface area contributed by atoms with Gasteiger partial charge in [-0.25, -0.2) is 4.98 Å². The summed E-state index contributed by atoms with van der Waals surface area (Å²) in [6.07, 6.45) is 8.44. The minimum atomic E-state index is -0.245. The standard InChI is InChI=1S/C20H27N5O/c1-7-13(4)17-10-23-11-18(24-17)25-19(15(6)21)20(26)14(5)8-9-16(22)12(2)3/h7-11H,2,21-22H2,1,3-6H3,(H,24,25)/b13-7+,14-8+,16-9+,19-15+. The smallest absolute Gasteiger partial charge is 0.206 e. The second kappa shape index (κ2) is 9.36. The lowest BCUT2D eigenvalue weighted by Crippen LogP contribution is -2.18. The fourth-order valence-corrected chi connectivity index (χ4v) is 1.86. The van der Waals surface area contributed by atoms with Crippen LogP contribution >= 0.6 is 0 Å². The normalized spacial score (nSPS) is 14.0. The van der Waals surface area contributed by atoms with E-state index in [1.165, 1.54) is 0 Å². The van der Waals surface area contributed by atoms with Crippen LogP contribution in [-0.2, 0) is 4.79 Å². The number of Topliss-reactive ketones (excluding diaryl/α,β-unsaturated/α-hetero) is 1. The number of nitrogens with zero attached hydrogens (tertiary/aromatic N) is 2. The zero-order valence-electron chi connectivity index (χ0n) is 16.1. The number of allylic oxidation sites excluding steroid dienone is 7. The lowest BCUT2D eigenvalue weighted by atomic mass is 10.1. The highest BCUT2D eigenvalue weighted by Crippen LogP contribution is 2.16. The van der Waals surface area contributed by atoms with Gasteiger partial charge in [-0.3, -0.25) is 9.78 Å². The van der Waals surface area contributed by atoms with Gasteiger partial charge >= 0.3 is 0 Å². The maximum absolute atomic E-state index is 12.7. The molecule has 26 heavy (non-hydrogen) atoms. The Bertz CT molecular complexity index is 824. The monoisotopic (exact) mass is 353 g/mol. The maximum atomic E-state index is 12.7. The van der Waals surface area contributed by atoms with E-state index < -0.39 is 0 Å². The van der Waals surface area contributed by atoms with E-state index in [1.54, 1.807) is 45.3 Å². The molecule has 1 rings (SSSR count). The van der Waals surface area contributed by atoms with Crippen LogP contribution in [0.5, 0.6) is 0 Å². The van der Waals surface area contributed by atoms with Gasteiger partial charge in [-0.1, -0.05) is 18.7 Å². The number of rotatable bonds is 7. The summed E-state index contributed by atoms with van der Waals surface area (Å²) >= 11 is 0. The first-order valence-corrected chi connectivity index (χ1v) is 8.20. The van der Waals surface area contributed by atoms with Crippen LogP contribution in [0.4, 0.5) is 5.82 Å². The van der Waals surface area contributed by atoms with E-state index in [9.17, 15) is 4.79 Å². The summed E-state index contributed by atoms with van der Waals surface area (Å²) in [7, 11) is 0. The molecule has 6 nitrogen and oxygen atoms in total. The largest absolute Gasteiger partial charge is 0.400 e. The van der Waals surface area contributed by atoms with E-state index in [0.717, 1.165) is 16.8 Å². The summed E-state index contributed by atoms with van der Waals surface area (Å²) < 4.78 is 0. The van der Waals surface area contributed by atoms with E-state index in [2.05, 4.69) is 21.9 Å². The molecular formula is C20H27N5O. The number of carbonyl (C=O) groups excluding carboxylic acids is 1. The van der Waals surface area contributed by atoms with Gasteiger partial charge in [-0.15, -0.1) is 0 Å². The Kier molecular flexibility index (Phi) is 7.52. The predicted molar refractivity (Wildman–Crippen MR) is 108 cm³/mol. The summed E-state index contributed by atoms with van der Waals surface area (Å²) in [5.74, 6) is 0.201. The average molecular weight is 353 g/mol. The van der Waals surface area contributed by atoms with Gasteiger partial charge in [0.25, 0.3) is 0 Å². The number of hydrogen-bond acceptors (Lipinski definition) is 6. The maximum Gasteiger partial charge on any atom is 0.206 e. The average Bonchev–Trinajstić information content (AvgIpc) is 2.62. The number of ketones is 1. The number of nitrogens with one attached hydrogen (secondary N) is 1. The molecule has 0 saturated heterocycles. The van der Waals surface area contributed by atoms with Crippen LogP contribution in [0, 0.1) is 0 Å². The molecule has 0 unspecified atom stereocenters. The van der Waals surface area contributed by atoms with E-state index in [4.69, 9.17) is 11.5 Å². The highest BCUT2D eigenvalue weighted by atomic mass is 16.1. The lowest BCUT2D eigenvalue weighted by Gasteiger charge is -2.12. The first-order valence-electron chi connectivity index (χ1n) is 8.20. The Hall–Kier alpha value is -3.15. The SMILES string of the molecule is C=C(C)/C(N)=C\C=C(/C)C(=O)/C(Nc1cncc(/C(C)=C/C)n1)=C(/C)N. The topological polar surface area (TPSA) is 107 Å². The van der Waals surface area contributed by atoms with Crippen molar-refractivity contribution in [2.75, 3.05) is 5.32 Å². The second-order valence-electron chi connectivity index (χ2n) is 6.03. The minimum Gasteiger partial charge on any atom is -0.400 e. The van der Waals surface area contributed by atoms with E-state index >= 15 is 0 Å². The Balaban J connectivity index is 3.14. The predicted octanol–water partition coefficient (Wildman–Crippen LogP) is 3.44. The molecule has 6 heteroatoms. The number of anilines is 1. The van der Waals surface area contributed by atoms with Crippen molar-refractivity contribution in [3.05, 3.63) is 71.1 Å². The molecule has 0 aliphatic heterocycles. The van der Waals surface area contributed by atoms with Crippen LogP contribution in [0.25, 0.3) is 5.57 Å². The van der Waals surface area contributed by atoms with Crippen molar-refractivity contribution in [2.45, 2.75) is 34.6 Å². The van der Waals surface area contributed by atoms with Crippen molar-refractivity contribution in [3.63, 3.8) is 0 Å². The fraction of sp³-hybridized carbons (Fsp3) is 0.250. The molecule has 0 spiro atoms. The van der Waals surface area contributed by atoms with Crippen molar-refractivity contribution in [3.8, 4) is 0 Å². The molecule has 0 aliphatic rings. The zero-order chi connectivity index (χ0) is 19.9. The van der Waals surface area contributed by atoms with Crippen molar-refractivity contribution in [2.24, 2.45) is 11.5 Å². The number of aromatic nitrogens is 2. The third-order valence-electron chi connectivity index (χ3n) is 3.71. The molecule has 0 bridgehead atoms. The van der Waals surface area contributed by atoms with Gasteiger partial charge in [0.15, 0.2) is 0 Å². The van der Waals surface area contributed by atoms with Gasteiger partial charge < -0.3 is 16.8 Å². The first-order chi connectivity index (χ1) is 12.2. The van der Waals surface area contributed by atoms with Crippen LogP contribution < -0.4 is 16.8 Å². The highest BCUT2D eigenvalue weighted by Gasteiger charge is 2.15. The molecule has 0 aliphatic carbocycles. The van der Waals surface area contributed by atoms with E-state index in [1.807, 2.05) is 19.9 Å². The van der Waals surface area contributed by atoms with E-state index in [0.29, 0.717) is 22.8 Å². The Morgan fingerprint density at radius 3 is 2.35 bits per heavy atom. The molecule has 0 aromatic carbocycles. The Morgan fingerprint density at radius 1 is 1.15 bits per heavy atom. The molecule has 0 amide bonds. The minimum absolute atomic E-state index is 0.245. The van der Waals surface area contributed by atoms with Gasteiger partial charge in [-0.05, 0) is 57.4 Å². The number of hydrogen-bond donors (Lipinski definition) is 3. The molecule has 5 N–H and O–H groups in total. The number of nitrogens with two attached hydrogens (primary N) is 2. The Labute approximate surface area is 155 Å². The molecule has 1 aromatic heterocycles. The fourth-order valence-electron chi connectivity index (χ4n) is 1.86. The van der Waals surface area contributed by atoms with Crippen LogP contribution in [0.3, 0.4) is 0 Å². The van der Waals surface area contributed by atoms with Crippen LogP contribution in [0.15, 0.2) is 65.4 Å². The van der Waals surface area contributed by atoms with Gasteiger partial charge in [0.05, 0.1) is 18.1 Å². The first kappa shape index (κ1) is 20.9. The lowest BCUT2D eigenvalue weighted by molar-refractivity contribution is -0.112. The summed E-state index contributed by atoms with van der Waals surface area (Å²) in [6.45, 7) is 12.8. The van der Waals surface area contributed by atoms with Crippen LogP contribution in [-0.4, -0.2) is 15.8 Å². The van der Waals surface area contributed by atoms with Crippen molar-refractivity contribution < 1.29 is 4.79 Å². The van der Waals surface area contributed by atoms with Crippen molar-refractivity contribution >= 4 is 17.2 Å². The number of carbonyl (C=O) groups is 1. The van der Waals surface area contributed by atoms with Crippen molar-refractivity contribution in [1.82, 2.24) is 9.97 Å². The van der Waals surface area contributed by atoms with Gasteiger partial charge in [0.1, 0.15) is 11.5 Å². The second-order valence-corrected chi connectivity index (χ2v) is 6.03. The molecule has 0 saturated carbocycles. The Morgan fingerprint density at radius 2 is 1.81 bits per heavy atom. The summed E-state index contributed by atoms with van der Waals surface area (Å²) in [4.78, 5) is 21.3. The van der Waals surface area contributed by atoms with Gasteiger partial charge in [-0.2, -0.15) is 0 Å². The third-order valence-corrected chi connectivity index (χ3v) is 3.71. The summed E-state index contributed by atoms with van der Waals surface area (Å²) in [5.41, 5.74) is 15.8. The van der Waals surface area contributed by atoms with Crippen LogP contribution in [0.1, 0.15) is 40.3 Å². The van der Waals surface area contributed by atoms with Crippen molar-refractivity contribution in [1.29, 1.82) is 0 Å². The van der Waals surface area contributed by atoms with Gasteiger partial charge in [0.2, 0.25) is 5.78 Å². The third kappa shape index (κ3) is 5.73. The van der Waals surface area contributed by atoms with Crippen LogP contribution in [0.2, 0.25) is 0 Å². The molecule has 0 fully saturated rings. The summed E-state index contributed by atoms with van der Waals surface area (Å²) in [6, 6.07) is 0. The van der Waals surface area contributed by atoms with Gasteiger partial charge in [0, 0.05) is 11.4 Å². The molecule has 1 aromatic rings. The quantitative estimate of drug-likeness (QED) is 0.512. The molecular weight excluding hydrogens is 326 g/mol. The summed E-state index contributed by atoms with van der Waals surface area (Å²) in [5, 5.41) is 2.98. The molecule has 0 radical (unpaired) electrons.